The van der Waals surface area contributed by atoms with E-state index in [0.717, 1.165) is 25.3 Å². The monoisotopic (exact) mass is 270 g/mol. The smallest absolute Gasteiger partial charge is 0.224 e. The summed E-state index contributed by atoms with van der Waals surface area (Å²) in [6.45, 7) is 6.09. The van der Waals surface area contributed by atoms with Gasteiger partial charge < -0.3 is 10.6 Å². The summed E-state index contributed by atoms with van der Waals surface area (Å²) < 4.78 is 0. The first-order valence-corrected chi connectivity index (χ1v) is 7.09. The molecule has 0 unspecified atom stereocenters. The average Bonchev–Trinajstić information content (AvgIpc) is 2.46. The van der Waals surface area contributed by atoms with E-state index in [1.54, 1.807) is 6.20 Å². The van der Waals surface area contributed by atoms with Crippen molar-refractivity contribution < 1.29 is 0 Å². The fraction of sp³-hybridized carbons (Fsp3) is 0.375. The molecule has 0 radical (unpaired) electrons. The van der Waals surface area contributed by atoms with Crippen LogP contribution in [0.25, 0.3) is 0 Å². The standard InChI is InChI=1S/C16H22N4/c1-13(2)8-10-17-16-18-11-9-15(20-16)19-12-14-6-4-3-5-7-14/h3-7,9,11,13H,8,10,12H2,1-2H3,(H2,17,18,19,20). The average molecular weight is 270 g/mol. The molecule has 0 aliphatic rings. The lowest BCUT2D eigenvalue weighted by atomic mass is 10.1. The van der Waals surface area contributed by atoms with Gasteiger partial charge in [0.05, 0.1) is 0 Å². The zero-order valence-corrected chi connectivity index (χ0v) is 12.1. The number of anilines is 2. The molecule has 0 aliphatic heterocycles. The quantitative estimate of drug-likeness (QED) is 0.808. The number of hydrogen-bond acceptors (Lipinski definition) is 4. The van der Waals surface area contributed by atoms with Crippen LogP contribution in [0.15, 0.2) is 42.6 Å². The van der Waals surface area contributed by atoms with Crippen molar-refractivity contribution in [3.63, 3.8) is 0 Å². The van der Waals surface area contributed by atoms with Crippen molar-refractivity contribution in [2.45, 2.75) is 26.8 Å². The maximum atomic E-state index is 4.45. The molecule has 0 aliphatic carbocycles. The van der Waals surface area contributed by atoms with E-state index in [1.165, 1.54) is 5.56 Å². The van der Waals surface area contributed by atoms with E-state index in [2.05, 4.69) is 46.6 Å². The van der Waals surface area contributed by atoms with Gasteiger partial charge in [-0.3, -0.25) is 0 Å². The van der Waals surface area contributed by atoms with Gasteiger partial charge >= 0.3 is 0 Å². The van der Waals surface area contributed by atoms with Crippen molar-refractivity contribution >= 4 is 11.8 Å². The van der Waals surface area contributed by atoms with E-state index in [-0.39, 0.29) is 0 Å². The molecule has 1 aromatic heterocycles. The number of aromatic nitrogens is 2. The van der Waals surface area contributed by atoms with Gasteiger partial charge in [-0.1, -0.05) is 44.2 Å². The SMILES string of the molecule is CC(C)CCNc1nccc(NCc2ccccc2)n1. The lowest BCUT2D eigenvalue weighted by Crippen LogP contribution is -2.09. The van der Waals surface area contributed by atoms with Crippen LogP contribution in [0.5, 0.6) is 0 Å². The van der Waals surface area contributed by atoms with Gasteiger partial charge in [0.25, 0.3) is 0 Å². The zero-order valence-electron chi connectivity index (χ0n) is 12.1. The third-order valence-corrected chi connectivity index (χ3v) is 2.98. The Balaban J connectivity index is 1.86. The number of benzene rings is 1. The summed E-state index contributed by atoms with van der Waals surface area (Å²) in [4.78, 5) is 8.68. The number of nitrogens with zero attached hydrogens (tertiary/aromatic N) is 2. The Labute approximate surface area is 120 Å². The first-order chi connectivity index (χ1) is 9.74. The van der Waals surface area contributed by atoms with Crippen LogP contribution in [0.2, 0.25) is 0 Å². The number of nitrogens with one attached hydrogen (secondary N) is 2. The molecule has 20 heavy (non-hydrogen) atoms. The van der Waals surface area contributed by atoms with E-state index in [9.17, 15) is 0 Å². The summed E-state index contributed by atoms with van der Waals surface area (Å²) in [7, 11) is 0. The second-order valence-corrected chi connectivity index (χ2v) is 5.21. The first kappa shape index (κ1) is 14.3. The maximum absolute atomic E-state index is 4.45. The maximum Gasteiger partial charge on any atom is 0.224 e. The third-order valence-electron chi connectivity index (χ3n) is 2.98. The van der Waals surface area contributed by atoms with Crippen molar-refractivity contribution in [3.8, 4) is 0 Å². The largest absolute Gasteiger partial charge is 0.366 e. The van der Waals surface area contributed by atoms with Gasteiger partial charge in [-0.15, -0.1) is 0 Å². The molecule has 2 aromatic rings. The predicted molar refractivity (Wildman–Crippen MR) is 83.7 cm³/mol. The molecule has 4 heteroatoms. The minimum Gasteiger partial charge on any atom is -0.366 e. The van der Waals surface area contributed by atoms with Crippen LogP contribution in [0.3, 0.4) is 0 Å². The Morgan fingerprint density at radius 3 is 2.60 bits per heavy atom. The van der Waals surface area contributed by atoms with E-state index < -0.39 is 0 Å². The highest BCUT2D eigenvalue weighted by molar-refractivity contribution is 5.40. The predicted octanol–water partition coefficient (Wildman–Crippen LogP) is 3.55. The third kappa shape index (κ3) is 4.88. The second-order valence-electron chi connectivity index (χ2n) is 5.21. The van der Waals surface area contributed by atoms with E-state index >= 15 is 0 Å². The number of rotatable bonds is 7. The second kappa shape index (κ2) is 7.48. The van der Waals surface area contributed by atoms with Gasteiger partial charge in [-0.2, -0.15) is 4.98 Å². The highest BCUT2D eigenvalue weighted by Gasteiger charge is 2.00. The summed E-state index contributed by atoms with van der Waals surface area (Å²) in [5.41, 5.74) is 1.24. The lowest BCUT2D eigenvalue weighted by Gasteiger charge is -2.09. The Morgan fingerprint density at radius 1 is 1.05 bits per heavy atom. The molecule has 106 valence electrons. The van der Waals surface area contributed by atoms with E-state index in [4.69, 9.17) is 0 Å². The Bertz CT molecular complexity index is 511. The van der Waals surface area contributed by atoms with Gasteiger partial charge in [0.1, 0.15) is 5.82 Å². The van der Waals surface area contributed by atoms with Crippen molar-refractivity contribution in [1.29, 1.82) is 0 Å². The molecule has 0 saturated carbocycles. The number of hydrogen-bond donors (Lipinski definition) is 2. The zero-order chi connectivity index (χ0) is 14.2. The van der Waals surface area contributed by atoms with Crippen LogP contribution in [0, 0.1) is 5.92 Å². The van der Waals surface area contributed by atoms with Crippen LogP contribution in [0.4, 0.5) is 11.8 Å². The molecule has 2 rings (SSSR count). The van der Waals surface area contributed by atoms with E-state index in [1.807, 2.05) is 24.3 Å². The van der Waals surface area contributed by atoms with Crippen LogP contribution >= 0.6 is 0 Å². The van der Waals surface area contributed by atoms with Crippen LogP contribution in [0.1, 0.15) is 25.8 Å². The summed E-state index contributed by atoms with van der Waals surface area (Å²) in [5.74, 6) is 2.21. The van der Waals surface area contributed by atoms with Gasteiger partial charge in [0.2, 0.25) is 5.95 Å². The molecule has 0 bridgehead atoms. The van der Waals surface area contributed by atoms with Gasteiger partial charge in [-0.25, -0.2) is 4.98 Å². The fourth-order valence-corrected chi connectivity index (χ4v) is 1.80. The van der Waals surface area contributed by atoms with Crippen LogP contribution in [-0.2, 0) is 6.54 Å². The van der Waals surface area contributed by atoms with Crippen LogP contribution in [-0.4, -0.2) is 16.5 Å². The van der Waals surface area contributed by atoms with Gasteiger partial charge in [0.15, 0.2) is 0 Å². The molecule has 0 saturated heterocycles. The minimum absolute atomic E-state index is 0.682. The van der Waals surface area contributed by atoms with Crippen molar-refractivity contribution in [3.05, 3.63) is 48.2 Å². The molecule has 0 fully saturated rings. The topological polar surface area (TPSA) is 49.8 Å². The molecule has 2 N–H and O–H groups in total. The lowest BCUT2D eigenvalue weighted by molar-refractivity contribution is 0.606. The summed E-state index contributed by atoms with van der Waals surface area (Å²) >= 11 is 0. The molecule has 4 nitrogen and oxygen atoms in total. The highest BCUT2D eigenvalue weighted by Crippen LogP contribution is 2.09. The Hall–Kier alpha value is -2.10. The molecule has 1 aromatic carbocycles. The summed E-state index contributed by atoms with van der Waals surface area (Å²) in [5, 5.41) is 6.56. The van der Waals surface area contributed by atoms with Crippen molar-refractivity contribution in [2.24, 2.45) is 5.92 Å². The van der Waals surface area contributed by atoms with Gasteiger partial charge in [0, 0.05) is 19.3 Å². The fourth-order valence-electron chi connectivity index (χ4n) is 1.80. The van der Waals surface area contributed by atoms with E-state index in [0.29, 0.717) is 11.9 Å². The molecular formula is C16H22N4. The van der Waals surface area contributed by atoms with Crippen molar-refractivity contribution in [2.75, 3.05) is 17.2 Å². The summed E-state index contributed by atoms with van der Waals surface area (Å²) in [6, 6.07) is 12.2. The molecular weight excluding hydrogens is 248 g/mol. The minimum atomic E-state index is 0.682. The normalized spacial score (nSPS) is 10.6. The Kier molecular flexibility index (Phi) is 5.35. The van der Waals surface area contributed by atoms with Crippen LogP contribution < -0.4 is 10.6 Å². The molecule has 0 atom stereocenters. The van der Waals surface area contributed by atoms with Gasteiger partial charge in [-0.05, 0) is 24.0 Å². The summed E-state index contributed by atoms with van der Waals surface area (Å²) in [6.07, 6.45) is 2.89. The van der Waals surface area contributed by atoms with Crippen molar-refractivity contribution in [1.82, 2.24) is 9.97 Å². The highest BCUT2D eigenvalue weighted by atomic mass is 15.1. The first-order valence-electron chi connectivity index (χ1n) is 7.09. The molecule has 0 amide bonds. The Morgan fingerprint density at radius 2 is 1.85 bits per heavy atom. The molecule has 0 spiro atoms. The molecule has 1 heterocycles.